The molecule has 0 aromatic carbocycles. The number of rotatable bonds is 10. The maximum atomic E-state index is 11.7. The van der Waals surface area contributed by atoms with Crippen LogP contribution in [-0.4, -0.2) is 55.3 Å². The van der Waals surface area contributed by atoms with Crippen LogP contribution in [0.3, 0.4) is 0 Å². The van der Waals surface area contributed by atoms with Crippen LogP contribution >= 0.6 is 0 Å². The monoisotopic (exact) mass is 298 g/mol. The van der Waals surface area contributed by atoms with Crippen molar-refractivity contribution in [3.05, 3.63) is 24.3 Å². The van der Waals surface area contributed by atoms with E-state index in [0.29, 0.717) is 11.0 Å². The molecule has 21 heavy (non-hydrogen) atoms. The van der Waals surface area contributed by atoms with Gasteiger partial charge in [-0.25, -0.2) is 0 Å². The van der Waals surface area contributed by atoms with Crippen LogP contribution in [0.4, 0.5) is 0 Å². The minimum absolute atomic E-state index is 0.162. The molecule has 1 atom stereocenters. The summed E-state index contributed by atoms with van der Waals surface area (Å²) in [5.41, 5.74) is 0. The van der Waals surface area contributed by atoms with Crippen LogP contribution in [0.2, 0.25) is 0 Å². The van der Waals surface area contributed by atoms with Gasteiger partial charge in [0.25, 0.3) is 0 Å². The van der Waals surface area contributed by atoms with Gasteiger partial charge in [-0.2, -0.15) is 0 Å². The first kappa shape index (κ1) is 19.4. The number of ether oxygens (including phenoxy) is 1. The molecule has 0 aromatic heterocycles. The number of carbonyl (C=O) groups is 2. The zero-order valence-corrected chi connectivity index (χ0v) is 13.5. The minimum atomic E-state index is -0.957. The molecule has 0 fully saturated rings. The molecule has 120 valence electrons. The minimum Gasteiger partial charge on any atom is -0.481 e. The summed E-state index contributed by atoms with van der Waals surface area (Å²) in [4.78, 5) is 22.5. The summed E-state index contributed by atoms with van der Waals surface area (Å²) < 4.78 is 5.80. The zero-order valence-electron chi connectivity index (χ0n) is 13.5. The molecular weight excluding hydrogens is 270 g/mol. The average Bonchev–Trinajstić information content (AvgIpc) is 2.30. The van der Waals surface area contributed by atoms with E-state index in [0.717, 1.165) is 12.8 Å². The average molecular weight is 298 g/mol. The number of quaternary nitrogens is 1. The molecule has 0 bridgehead atoms. The van der Waals surface area contributed by atoms with Gasteiger partial charge in [0.05, 0.1) is 34.0 Å². The van der Waals surface area contributed by atoms with E-state index in [1.165, 1.54) is 0 Å². The maximum absolute atomic E-state index is 11.7. The highest BCUT2D eigenvalue weighted by Gasteiger charge is 2.24. The summed E-state index contributed by atoms with van der Waals surface area (Å²) in [6.07, 6.45) is 8.96. The number of likely N-dealkylation sites (N-methyl/N-ethyl adjacent to an activating group) is 1. The topological polar surface area (TPSA) is 63.6 Å². The SMILES string of the molecule is CC/C=C/C/C=C/CC(=O)OC(CC(=O)O)C[N+](C)(C)C. The smallest absolute Gasteiger partial charge is 0.310 e. The maximum Gasteiger partial charge on any atom is 0.310 e. The van der Waals surface area contributed by atoms with Crippen molar-refractivity contribution in [2.45, 2.75) is 38.7 Å². The lowest BCUT2D eigenvalue weighted by molar-refractivity contribution is -0.873. The van der Waals surface area contributed by atoms with E-state index in [-0.39, 0.29) is 18.8 Å². The molecule has 1 unspecified atom stereocenters. The highest BCUT2D eigenvalue weighted by Crippen LogP contribution is 2.07. The van der Waals surface area contributed by atoms with Crippen molar-refractivity contribution >= 4 is 11.9 Å². The Morgan fingerprint density at radius 2 is 1.76 bits per heavy atom. The first-order valence-electron chi connectivity index (χ1n) is 7.26. The van der Waals surface area contributed by atoms with Gasteiger partial charge in [0.2, 0.25) is 0 Å². The van der Waals surface area contributed by atoms with E-state index < -0.39 is 12.1 Å². The number of allylic oxidation sites excluding steroid dienone is 3. The van der Waals surface area contributed by atoms with E-state index in [2.05, 4.69) is 13.0 Å². The number of carboxylic acid groups (broad SMARTS) is 1. The highest BCUT2D eigenvalue weighted by molar-refractivity contribution is 5.72. The first-order valence-corrected chi connectivity index (χ1v) is 7.26. The molecule has 0 radical (unpaired) electrons. The second-order valence-corrected chi connectivity index (χ2v) is 5.97. The summed E-state index contributed by atoms with van der Waals surface area (Å²) >= 11 is 0. The summed E-state index contributed by atoms with van der Waals surface area (Å²) in [5.74, 6) is -1.34. The number of hydrogen-bond acceptors (Lipinski definition) is 3. The van der Waals surface area contributed by atoms with Crippen LogP contribution in [0.5, 0.6) is 0 Å². The quantitative estimate of drug-likeness (QED) is 0.382. The van der Waals surface area contributed by atoms with Crippen molar-refractivity contribution in [2.24, 2.45) is 0 Å². The van der Waals surface area contributed by atoms with Crippen LogP contribution in [0.25, 0.3) is 0 Å². The lowest BCUT2D eigenvalue weighted by Gasteiger charge is -2.28. The van der Waals surface area contributed by atoms with E-state index >= 15 is 0 Å². The number of hydrogen-bond donors (Lipinski definition) is 1. The van der Waals surface area contributed by atoms with Gasteiger partial charge in [0, 0.05) is 0 Å². The second-order valence-electron chi connectivity index (χ2n) is 5.97. The van der Waals surface area contributed by atoms with Crippen molar-refractivity contribution in [3.63, 3.8) is 0 Å². The fourth-order valence-corrected chi connectivity index (χ4v) is 1.80. The third-order valence-corrected chi connectivity index (χ3v) is 2.58. The van der Waals surface area contributed by atoms with E-state index in [9.17, 15) is 9.59 Å². The first-order chi connectivity index (χ1) is 9.74. The molecule has 0 aliphatic heterocycles. The number of carbonyl (C=O) groups excluding carboxylic acids is 1. The molecule has 0 saturated carbocycles. The molecule has 5 heteroatoms. The van der Waals surface area contributed by atoms with Gasteiger partial charge in [-0.1, -0.05) is 31.2 Å². The van der Waals surface area contributed by atoms with Gasteiger partial charge >= 0.3 is 11.9 Å². The van der Waals surface area contributed by atoms with E-state index in [4.69, 9.17) is 9.84 Å². The van der Waals surface area contributed by atoms with Crippen molar-refractivity contribution < 1.29 is 23.9 Å². The normalized spacial score (nSPS) is 13.7. The van der Waals surface area contributed by atoms with Crippen LogP contribution in [0, 0.1) is 0 Å². The standard InChI is InChI=1S/C16H27NO4/c1-5-6-7-8-9-10-11-16(20)21-14(12-15(18)19)13-17(2,3)4/h6-7,9-10,14H,5,8,11-13H2,1-4H3/p+1/b7-6+,10-9+. The fraction of sp³-hybridized carbons (Fsp3) is 0.625. The predicted molar refractivity (Wildman–Crippen MR) is 82.8 cm³/mol. The number of nitrogens with zero attached hydrogens (tertiary/aromatic N) is 1. The molecular formula is C16H28NO4+. The Morgan fingerprint density at radius 1 is 1.14 bits per heavy atom. The molecule has 0 saturated heterocycles. The van der Waals surface area contributed by atoms with Crippen molar-refractivity contribution in [3.8, 4) is 0 Å². The Balaban J connectivity index is 4.27. The van der Waals surface area contributed by atoms with Crippen LogP contribution in [0.15, 0.2) is 24.3 Å². The molecule has 5 nitrogen and oxygen atoms in total. The molecule has 0 aliphatic rings. The number of carboxylic acids is 1. The van der Waals surface area contributed by atoms with Crippen molar-refractivity contribution in [2.75, 3.05) is 27.7 Å². The predicted octanol–water partition coefficient (Wildman–Crippen LogP) is 2.38. The Kier molecular flexibility index (Phi) is 9.37. The second kappa shape index (κ2) is 10.2. The summed E-state index contributed by atoms with van der Waals surface area (Å²) in [7, 11) is 5.80. The van der Waals surface area contributed by atoms with Gasteiger partial charge in [-0.3, -0.25) is 9.59 Å². The highest BCUT2D eigenvalue weighted by atomic mass is 16.5. The Morgan fingerprint density at radius 3 is 2.29 bits per heavy atom. The van der Waals surface area contributed by atoms with Crippen LogP contribution in [0.1, 0.15) is 32.6 Å². The van der Waals surface area contributed by atoms with Gasteiger partial charge in [-0.05, 0) is 12.8 Å². The van der Waals surface area contributed by atoms with Gasteiger partial charge in [0.1, 0.15) is 6.54 Å². The molecule has 0 aromatic rings. The molecule has 1 N–H and O–H groups in total. The summed E-state index contributed by atoms with van der Waals surface area (Å²) in [6.45, 7) is 2.54. The van der Waals surface area contributed by atoms with Gasteiger partial charge in [0.15, 0.2) is 6.10 Å². The fourth-order valence-electron chi connectivity index (χ4n) is 1.80. The van der Waals surface area contributed by atoms with Crippen LogP contribution < -0.4 is 0 Å². The number of aliphatic carboxylic acids is 1. The zero-order chi connectivity index (χ0) is 16.3. The van der Waals surface area contributed by atoms with Gasteiger partial charge < -0.3 is 14.3 Å². The van der Waals surface area contributed by atoms with Crippen molar-refractivity contribution in [1.82, 2.24) is 0 Å². The third kappa shape index (κ3) is 13.1. The van der Waals surface area contributed by atoms with E-state index in [1.807, 2.05) is 33.3 Å². The lowest BCUT2D eigenvalue weighted by atomic mass is 10.2. The largest absolute Gasteiger partial charge is 0.481 e. The molecule has 0 amide bonds. The Labute approximate surface area is 127 Å². The van der Waals surface area contributed by atoms with E-state index in [1.54, 1.807) is 6.08 Å². The summed E-state index contributed by atoms with van der Waals surface area (Å²) in [5, 5.41) is 8.87. The Hall–Kier alpha value is -1.62. The molecule has 0 rings (SSSR count). The Bertz CT molecular complexity index is 380. The summed E-state index contributed by atoms with van der Waals surface area (Å²) in [6, 6.07) is 0. The third-order valence-electron chi connectivity index (χ3n) is 2.58. The van der Waals surface area contributed by atoms with Crippen molar-refractivity contribution in [1.29, 1.82) is 0 Å². The molecule has 0 heterocycles. The van der Waals surface area contributed by atoms with Crippen LogP contribution in [-0.2, 0) is 14.3 Å². The van der Waals surface area contributed by atoms with Gasteiger partial charge in [-0.15, -0.1) is 0 Å². The lowest BCUT2D eigenvalue weighted by Crippen LogP contribution is -2.43. The molecule has 0 spiro atoms. The number of esters is 1. The molecule has 0 aliphatic carbocycles.